The number of nitrogens with one attached hydrogen (secondary N) is 2. The summed E-state index contributed by atoms with van der Waals surface area (Å²) < 4.78 is 2.60. The van der Waals surface area contributed by atoms with Crippen molar-refractivity contribution in [2.45, 2.75) is 6.92 Å². The highest BCUT2D eigenvalue weighted by Crippen LogP contribution is 2.11. The third kappa shape index (κ3) is 4.13. The minimum Gasteiger partial charge on any atom is -0.267 e. The topological polar surface area (TPSA) is 76.0 Å². The van der Waals surface area contributed by atoms with Gasteiger partial charge in [0.25, 0.3) is 11.8 Å². The normalized spacial score (nSPS) is 10.3. The van der Waals surface area contributed by atoms with Crippen LogP contribution in [0.15, 0.2) is 65.4 Å². The highest BCUT2D eigenvalue weighted by atomic mass is 79.9. The van der Waals surface area contributed by atoms with Gasteiger partial charge >= 0.3 is 0 Å². The molecule has 0 unspecified atom stereocenters. The summed E-state index contributed by atoms with van der Waals surface area (Å²) in [5, 5.41) is 4.22. The Hall–Kier alpha value is -2.93. The number of amides is 2. The Morgan fingerprint density at radius 2 is 1.44 bits per heavy atom. The number of hydrazine groups is 1. The van der Waals surface area contributed by atoms with Crippen molar-refractivity contribution >= 4 is 27.7 Å². The number of carbonyl (C=O) groups excluding carboxylic acids is 2. The van der Waals surface area contributed by atoms with Gasteiger partial charge in [0.15, 0.2) is 0 Å². The van der Waals surface area contributed by atoms with E-state index in [1.54, 1.807) is 59.4 Å². The summed E-state index contributed by atoms with van der Waals surface area (Å²) in [6.45, 7) is 1.96. The molecule has 2 amide bonds. The summed E-state index contributed by atoms with van der Waals surface area (Å²) >= 11 is 3.30. The summed E-state index contributed by atoms with van der Waals surface area (Å²) in [6.07, 6.45) is 3.66. The van der Waals surface area contributed by atoms with E-state index in [4.69, 9.17) is 0 Å². The van der Waals surface area contributed by atoms with Crippen LogP contribution in [-0.4, -0.2) is 21.6 Å². The van der Waals surface area contributed by atoms with Gasteiger partial charge in [0.2, 0.25) is 0 Å². The lowest BCUT2D eigenvalue weighted by molar-refractivity contribution is 0.0846. The number of halogens is 1. The van der Waals surface area contributed by atoms with Gasteiger partial charge < -0.3 is 0 Å². The zero-order valence-corrected chi connectivity index (χ0v) is 14.9. The minimum atomic E-state index is -0.395. The van der Waals surface area contributed by atoms with Crippen LogP contribution in [0.3, 0.4) is 0 Å². The van der Waals surface area contributed by atoms with E-state index in [1.165, 1.54) is 0 Å². The molecular weight excluding hydrogens is 384 g/mol. The highest BCUT2D eigenvalue weighted by molar-refractivity contribution is 9.10. The maximum absolute atomic E-state index is 12.1. The number of benzene rings is 2. The molecule has 7 heteroatoms. The summed E-state index contributed by atoms with van der Waals surface area (Å²) in [4.78, 5) is 24.1. The van der Waals surface area contributed by atoms with Crippen molar-refractivity contribution in [2.75, 3.05) is 0 Å². The second kappa shape index (κ2) is 7.31. The summed E-state index contributed by atoms with van der Waals surface area (Å²) in [7, 11) is 0. The van der Waals surface area contributed by atoms with Crippen LogP contribution in [-0.2, 0) is 0 Å². The van der Waals surface area contributed by atoms with Gasteiger partial charge in [0, 0.05) is 21.8 Å². The van der Waals surface area contributed by atoms with Gasteiger partial charge in [-0.25, -0.2) is 4.68 Å². The second-order valence-electron chi connectivity index (χ2n) is 5.42. The van der Waals surface area contributed by atoms with E-state index in [0.29, 0.717) is 11.1 Å². The fraction of sp³-hybridized carbons (Fsp3) is 0.0556. The standard InChI is InChI=1S/C18H15BrN4O2/c1-12-10-20-23(11-12)16-8-4-14(5-9-16)18(25)22-21-17(24)13-2-6-15(19)7-3-13/h2-11H,1H3,(H,21,24)(H,22,25). The fourth-order valence-electron chi connectivity index (χ4n) is 2.18. The molecule has 3 aromatic rings. The van der Waals surface area contributed by atoms with E-state index in [1.807, 2.05) is 13.1 Å². The molecule has 2 N–H and O–H groups in total. The van der Waals surface area contributed by atoms with E-state index in [9.17, 15) is 9.59 Å². The maximum Gasteiger partial charge on any atom is 0.269 e. The van der Waals surface area contributed by atoms with Crippen LogP contribution in [0, 0.1) is 6.92 Å². The molecule has 0 saturated heterocycles. The molecule has 3 rings (SSSR count). The molecule has 6 nitrogen and oxygen atoms in total. The molecule has 0 atom stereocenters. The summed E-state index contributed by atoms with van der Waals surface area (Å²) in [6, 6.07) is 13.8. The number of hydrogen-bond acceptors (Lipinski definition) is 3. The zero-order chi connectivity index (χ0) is 17.8. The lowest BCUT2D eigenvalue weighted by Gasteiger charge is -2.08. The molecule has 0 aliphatic carbocycles. The molecule has 0 radical (unpaired) electrons. The lowest BCUT2D eigenvalue weighted by Crippen LogP contribution is -2.41. The van der Waals surface area contributed by atoms with Gasteiger partial charge in [-0.15, -0.1) is 0 Å². The van der Waals surface area contributed by atoms with Crippen molar-refractivity contribution in [3.8, 4) is 5.69 Å². The Morgan fingerprint density at radius 1 is 0.920 bits per heavy atom. The van der Waals surface area contributed by atoms with Gasteiger partial charge in [-0.3, -0.25) is 20.4 Å². The molecule has 0 fully saturated rings. The van der Waals surface area contributed by atoms with Gasteiger partial charge in [-0.05, 0) is 61.0 Å². The third-order valence-electron chi connectivity index (χ3n) is 3.50. The van der Waals surface area contributed by atoms with Crippen LogP contribution in [0.4, 0.5) is 0 Å². The first-order valence-electron chi connectivity index (χ1n) is 7.51. The van der Waals surface area contributed by atoms with Crippen LogP contribution in [0.25, 0.3) is 5.69 Å². The number of nitrogens with zero attached hydrogens (tertiary/aromatic N) is 2. The largest absolute Gasteiger partial charge is 0.269 e. The van der Waals surface area contributed by atoms with Gasteiger partial charge in [0.1, 0.15) is 0 Å². The van der Waals surface area contributed by atoms with Crippen molar-refractivity contribution in [2.24, 2.45) is 0 Å². The summed E-state index contributed by atoms with van der Waals surface area (Å²) in [5.74, 6) is -0.779. The number of aryl methyl sites for hydroxylation is 1. The van der Waals surface area contributed by atoms with E-state index in [0.717, 1.165) is 15.7 Å². The average Bonchev–Trinajstić information content (AvgIpc) is 3.06. The molecule has 0 aliphatic heterocycles. The van der Waals surface area contributed by atoms with Crippen molar-refractivity contribution in [3.05, 3.63) is 82.1 Å². The number of carbonyl (C=O) groups is 2. The van der Waals surface area contributed by atoms with E-state index in [2.05, 4.69) is 31.9 Å². The van der Waals surface area contributed by atoms with Gasteiger partial charge in [-0.2, -0.15) is 5.10 Å². The second-order valence-corrected chi connectivity index (χ2v) is 6.34. The Kier molecular flexibility index (Phi) is 4.95. The minimum absolute atomic E-state index is 0.385. The van der Waals surface area contributed by atoms with E-state index < -0.39 is 5.91 Å². The average molecular weight is 399 g/mol. The number of hydrogen-bond donors (Lipinski definition) is 2. The molecule has 0 spiro atoms. The first-order chi connectivity index (χ1) is 12.0. The van der Waals surface area contributed by atoms with Gasteiger partial charge in [-0.1, -0.05) is 15.9 Å². The molecule has 0 bridgehead atoms. The quantitative estimate of drug-likeness (QED) is 0.665. The smallest absolute Gasteiger partial charge is 0.267 e. The van der Waals surface area contributed by atoms with Crippen LogP contribution >= 0.6 is 15.9 Å². The fourth-order valence-corrected chi connectivity index (χ4v) is 2.44. The molecule has 1 aromatic heterocycles. The Balaban J connectivity index is 1.61. The lowest BCUT2D eigenvalue weighted by atomic mass is 10.2. The van der Waals surface area contributed by atoms with Crippen molar-refractivity contribution in [1.29, 1.82) is 0 Å². The first-order valence-corrected chi connectivity index (χ1v) is 8.30. The van der Waals surface area contributed by atoms with Crippen LogP contribution in [0.1, 0.15) is 26.3 Å². The molecule has 25 heavy (non-hydrogen) atoms. The van der Waals surface area contributed by atoms with Crippen LogP contribution in [0.5, 0.6) is 0 Å². The summed E-state index contributed by atoms with van der Waals surface area (Å²) in [5.41, 5.74) is 7.59. The molecular formula is C18H15BrN4O2. The van der Waals surface area contributed by atoms with Crippen molar-refractivity contribution in [1.82, 2.24) is 20.6 Å². The molecule has 0 saturated carbocycles. The first kappa shape index (κ1) is 16.9. The van der Waals surface area contributed by atoms with Crippen molar-refractivity contribution < 1.29 is 9.59 Å². The molecule has 126 valence electrons. The third-order valence-corrected chi connectivity index (χ3v) is 4.03. The molecule has 2 aromatic carbocycles. The Labute approximate surface area is 153 Å². The Bertz CT molecular complexity index is 902. The SMILES string of the molecule is Cc1cnn(-c2ccc(C(=O)NNC(=O)c3ccc(Br)cc3)cc2)c1. The predicted octanol–water partition coefficient (Wildman–Crippen LogP) is 3.02. The van der Waals surface area contributed by atoms with E-state index >= 15 is 0 Å². The van der Waals surface area contributed by atoms with Gasteiger partial charge in [0.05, 0.1) is 11.9 Å². The molecule has 0 aliphatic rings. The van der Waals surface area contributed by atoms with Crippen LogP contribution in [0.2, 0.25) is 0 Å². The predicted molar refractivity (Wildman–Crippen MR) is 97.4 cm³/mol. The van der Waals surface area contributed by atoms with E-state index in [-0.39, 0.29) is 5.91 Å². The van der Waals surface area contributed by atoms with Crippen LogP contribution < -0.4 is 10.9 Å². The number of aromatic nitrogens is 2. The van der Waals surface area contributed by atoms with Crippen molar-refractivity contribution in [3.63, 3.8) is 0 Å². The highest BCUT2D eigenvalue weighted by Gasteiger charge is 2.09. The maximum atomic E-state index is 12.1. The molecule has 1 heterocycles. The number of rotatable bonds is 3. The Morgan fingerprint density at radius 3 is 1.92 bits per heavy atom. The zero-order valence-electron chi connectivity index (χ0n) is 13.4. The monoisotopic (exact) mass is 398 g/mol.